The third-order valence-corrected chi connectivity index (χ3v) is 2.70. The van der Waals surface area contributed by atoms with E-state index in [0.29, 0.717) is 12.4 Å². The first-order valence-electron chi connectivity index (χ1n) is 5.48. The molecule has 7 heteroatoms. The molecule has 2 aromatic rings. The summed E-state index contributed by atoms with van der Waals surface area (Å²) in [6.45, 7) is 0.540. The molecule has 0 bridgehead atoms. The summed E-state index contributed by atoms with van der Waals surface area (Å²) >= 11 is 5.79. The smallest absolute Gasteiger partial charge is 0.276 e. The van der Waals surface area contributed by atoms with Crippen molar-refractivity contribution in [3.05, 3.63) is 57.5 Å². The Hall–Kier alpha value is -2.21. The molecule has 0 aliphatic heterocycles. The molecule has 98 valence electrons. The summed E-state index contributed by atoms with van der Waals surface area (Å²) in [6.07, 6.45) is 3.42. The zero-order chi connectivity index (χ0) is 13.8. The normalized spacial score (nSPS) is 10.2. The molecule has 0 unspecified atom stereocenters. The van der Waals surface area contributed by atoms with Crippen LogP contribution in [0.4, 0.5) is 11.5 Å². The Morgan fingerprint density at radius 1 is 1.47 bits per heavy atom. The van der Waals surface area contributed by atoms with Crippen molar-refractivity contribution in [2.75, 3.05) is 11.9 Å². The molecule has 0 aromatic carbocycles. The highest BCUT2D eigenvalue weighted by Gasteiger charge is 2.13. The van der Waals surface area contributed by atoms with E-state index in [-0.39, 0.29) is 10.8 Å². The average molecular weight is 279 g/mol. The van der Waals surface area contributed by atoms with Crippen LogP contribution in [0.3, 0.4) is 0 Å². The highest BCUT2D eigenvalue weighted by molar-refractivity contribution is 6.29. The highest BCUT2D eigenvalue weighted by Crippen LogP contribution is 2.23. The van der Waals surface area contributed by atoms with E-state index in [1.807, 2.05) is 12.1 Å². The second-order valence-electron chi connectivity index (χ2n) is 3.98. The van der Waals surface area contributed by atoms with Gasteiger partial charge in [0, 0.05) is 26.0 Å². The van der Waals surface area contributed by atoms with Gasteiger partial charge in [0.1, 0.15) is 11.0 Å². The number of nitro groups is 1. The molecular weight excluding hydrogens is 268 g/mol. The Balaban J connectivity index is 2.24. The second kappa shape index (κ2) is 5.62. The molecule has 0 saturated carbocycles. The van der Waals surface area contributed by atoms with Crippen molar-refractivity contribution >= 4 is 23.1 Å². The number of hydrogen-bond acceptors (Lipinski definition) is 5. The first-order chi connectivity index (χ1) is 9.06. The van der Waals surface area contributed by atoms with Gasteiger partial charge < -0.3 is 4.90 Å². The van der Waals surface area contributed by atoms with Crippen molar-refractivity contribution < 1.29 is 4.92 Å². The molecule has 0 radical (unpaired) electrons. The van der Waals surface area contributed by atoms with Crippen LogP contribution in [0, 0.1) is 10.1 Å². The van der Waals surface area contributed by atoms with E-state index in [4.69, 9.17) is 11.6 Å². The number of halogens is 1. The molecule has 2 rings (SSSR count). The predicted molar refractivity (Wildman–Crippen MR) is 72.2 cm³/mol. The first kappa shape index (κ1) is 13.2. The van der Waals surface area contributed by atoms with E-state index in [9.17, 15) is 10.1 Å². The van der Waals surface area contributed by atoms with Gasteiger partial charge in [-0.2, -0.15) is 0 Å². The van der Waals surface area contributed by atoms with Crippen LogP contribution in [0.2, 0.25) is 5.15 Å². The topological polar surface area (TPSA) is 72.2 Å². The van der Waals surface area contributed by atoms with Gasteiger partial charge in [0.05, 0.1) is 17.1 Å². The third-order valence-electron chi connectivity index (χ3n) is 2.51. The molecule has 0 N–H and O–H groups in total. The van der Waals surface area contributed by atoms with E-state index in [2.05, 4.69) is 9.97 Å². The van der Waals surface area contributed by atoms with Gasteiger partial charge in [-0.05, 0) is 11.6 Å². The van der Waals surface area contributed by atoms with Crippen LogP contribution in [-0.4, -0.2) is 21.9 Å². The van der Waals surface area contributed by atoms with Crippen LogP contribution >= 0.6 is 11.6 Å². The number of rotatable bonds is 4. The molecule has 0 aliphatic carbocycles. The van der Waals surface area contributed by atoms with E-state index in [1.54, 1.807) is 24.3 Å². The highest BCUT2D eigenvalue weighted by atomic mass is 35.5. The average Bonchev–Trinajstić information content (AvgIpc) is 2.39. The van der Waals surface area contributed by atoms with Gasteiger partial charge in [-0.25, -0.2) is 4.98 Å². The third kappa shape index (κ3) is 3.38. The maximum absolute atomic E-state index is 10.8. The van der Waals surface area contributed by atoms with Gasteiger partial charge >= 0.3 is 0 Å². The number of hydrogen-bond donors (Lipinski definition) is 0. The summed E-state index contributed by atoms with van der Waals surface area (Å²) in [5, 5.41) is 10.9. The van der Waals surface area contributed by atoms with Crippen molar-refractivity contribution in [3.63, 3.8) is 0 Å². The molecule has 2 aromatic heterocycles. The number of anilines is 1. The summed E-state index contributed by atoms with van der Waals surface area (Å²) in [7, 11) is 1.79. The maximum atomic E-state index is 10.8. The van der Waals surface area contributed by atoms with Crippen LogP contribution in [0.25, 0.3) is 0 Å². The van der Waals surface area contributed by atoms with Crippen molar-refractivity contribution in [1.29, 1.82) is 0 Å². The second-order valence-corrected chi connectivity index (χ2v) is 4.37. The monoisotopic (exact) mass is 278 g/mol. The molecule has 0 atom stereocenters. The zero-order valence-corrected chi connectivity index (χ0v) is 10.9. The lowest BCUT2D eigenvalue weighted by atomic mass is 10.2. The molecule has 0 fully saturated rings. The van der Waals surface area contributed by atoms with E-state index >= 15 is 0 Å². The molecule has 0 aliphatic rings. The summed E-state index contributed by atoms with van der Waals surface area (Å²) in [4.78, 5) is 20.2. The molecule has 19 heavy (non-hydrogen) atoms. The fraction of sp³-hybridized carbons (Fsp3) is 0.167. The lowest BCUT2D eigenvalue weighted by molar-refractivity contribution is -0.384. The van der Waals surface area contributed by atoms with E-state index in [1.165, 1.54) is 12.1 Å². The standard InChI is InChI=1S/C12H11ClN4O2/c1-16(8-9-3-2-4-14-7-9)12-6-10(17(18)19)5-11(13)15-12/h2-7H,8H2,1H3. The zero-order valence-electron chi connectivity index (χ0n) is 10.2. The van der Waals surface area contributed by atoms with Crippen molar-refractivity contribution in [2.45, 2.75) is 6.54 Å². The molecule has 6 nitrogen and oxygen atoms in total. The van der Waals surface area contributed by atoms with Crippen molar-refractivity contribution in [3.8, 4) is 0 Å². The SMILES string of the molecule is CN(Cc1cccnc1)c1cc([N+](=O)[O-])cc(Cl)n1. The number of nitrogens with zero attached hydrogens (tertiary/aromatic N) is 4. The van der Waals surface area contributed by atoms with Gasteiger partial charge in [-0.3, -0.25) is 15.1 Å². The summed E-state index contributed by atoms with van der Waals surface area (Å²) in [5.74, 6) is 0.447. The van der Waals surface area contributed by atoms with Crippen LogP contribution in [0.5, 0.6) is 0 Å². The predicted octanol–water partition coefficient (Wildman–Crippen LogP) is 2.67. The van der Waals surface area contributed by atoms with Crippen LogP contribution in [0.15, 0.2) is 36.7 Å². The first-order valence-corrected chi connectivity index (χ1v) is 5.86. The van der Waals surface area contributed by atoms with E-state index in [0.717, 1.165) is 5.56 Å². The minimum Gasteiger partial charge on any atom is -0.355 e. The minimum absolute atomic E-state index is 0.0759. The van der Waals surface area contributed by atoms with Crippen molar-refractivity contribution in [2.24, 2.45) is 0 Å². The fourth-order valence-electron chi connectivity index (χ4n) is 1.62. The van der Waals surface area contributed by atoms with Gasteiger partial charge in [-0.15, -0.1) is 0 Å². The summed E-state index contributed by atoms with van der Waals surface area (Å²) < 4.78 is 0. The van der Waals surface area contributed by atoms with Crippen LogP contribution in [-0.2, 0) is 6.54 Å². The number of aromatic nitrogens is 2. The van der Waals surface area contributed by atoms with Gasteiger partial charge in [0.25, 0.3) is 5.69 Å². The lowest BCUT2D eigenvalue weighted by Gasteiger charge is -2.17. The summed E-state index contributed by atoms with van der Waals surface area (Å²) in [5.41, 5.74) is 0.905. The minimum atomic E-state index is -0.491. The quantitative estimate of drug-likeness (QED) is 0.488. The van der Waals surface area contributed by atoms with Gasteiger partial charge in [-0.1, -0.05) is 17.7 Å². The molecule has 2 heterocycles. The van der Waals surface area contributed by atoms with Gasteiger partial charge in [0.2, 0.25) is 0 Å². The number of pyridine rings is 2. The van der Waals surface area contributed by atoms with Crippen LogP contribution < -0.4 is 4.90 Å². The Morgan fingerprint density at radius 3 is 2.89 bits per heavy atom. The lowest BCUT2D eigenvalue weighted by Crippen LogP contribution is -2.18. The Labute approximate surface area is 114 Å². The molecule has 0 amide bonds. The summed E-state index contributed by atoms with van der Waals surface area (Å²) in [6, 6.07) is 6.37. The Kier molecular flexibility index (Phi) is 3.91. The Bertz CT molecular complexity index is 592. The maximum Gasteiger partial charge on any atom is 0.276 e. The van der Waals surface area contributed by atoms with Crippen LogP contribution in [0.1, 0.15) is 5.56 Å². The van der Waals surface area contributed by atoms with Crippen molar-refractivity contribution in [1.82, 2.24) is 9.97 Å². The van der Waals surface area contributed by atoms with Gasteiger partial charge in [0.15, 0.2) is 0 Å². The fourth-order valence-corrected chi connectivity index (χ4v) is 1.82. The molecule has 0 saturated heterocycles. The largest absolute Gasteiger partial charge is 0.355 e. The Morgan fingerprint density at radius 2 is 2.26 bits per heavy atom. The molecule has 0 spiro atoms. The molecular formula is C12H11ClN4O2. The van der Waals surface area contributed by atoms with E-state index < -0.39 is 4.92 Å².